The van der Waals surface area contributed by atoms with Crippen LogP contribution in [0.15, 0.2) is 84.4 Å². The van der Waals surface area contributed by atoms with Gasteiger partial charge in [-0.15, -0.1) is 13.2 Å². The predicted molar refractivity (Wildman–Crippen MR) is 164 cm³/mol. The summed E-state index contributed by atoms with van der Waals surface area (Å²) < 4.78 is 5.63. The van der Waals surface area contributed by atoms with Gasteiger partial charge in [0.25, 0.3) is 0 Å². The number of thiol groups is 1. The number of carboxylic acid groups (broad SMARTS) is 1. The number of allylic oxidation sites excluding steroid dienone is 6. The lowest BCUT2D eigenvalue weighted by Gasteiger charge is -2.19. The molecule has 0 unspecified atom stereocenters. The SMILES string of the molecule is C=C.C=S.CN(Nc1ccccc1C(=O)O)C(=O)CS.C\C=C/C(=C\C=C\C(C)(C)C)c1ccc(C)o1. The van der Waals surface area contributed by atoms with Crippen LogP contribution in [0, 0.1) is 12.3 Å². The lowest BCUT2D eigenvalue weighted by atomic mass is 9.96. The van der Waals surface area contributed by atoms with E-state index in [1.807, 2.05) is 32.1 Å². The van der Waals surface area contributed by atoms with Crippen LogP contribution in [-0.2, 0) is 4.79 Å². The lowest BCUT2D eigenvalue weighted by Crippen LogP contribution is -2.33. The second kappa shape index (κ2) is 19.8. The van der Waals surface area contributed by atoms with Gasteiger partial charge >= 0.3 is 5.97 Å². The van der Waals surface area contributed by atoms with Crippen LogP contribution in [0.1, 0.15) is 49.6 Å². The molecule has 0 aliphatic carbocycles. The molecule has 37 heavy (non-hydrogen) atoms. The number of nitrogens with one attached hydrogen (secondary N) is 1. The molecule has 0 fully saturated rings. The monoisotopic (exact) mass is 544 g/mol. The Labute approximate surface area is 232 Å². The highest BCUT2D eigenvalue weighted by molar-refractivity contribution is 7.81. The number of aromatic carboxylic acids is 1. The third-order valence-corrected chi connectivity index (χ3v) is 4.47. The fourth-order valence-electron chi connectivity index (χ4n) is 2.55. The number of aryl methyl sites for hydroxylation is 1. The van der Waals surface area contributed by atoms with E-state index in [1.54, 1.807) is 18.2 Å². The van der Waals surface area contributed by atoms with Crippen LogP contribution in [0.4, 0.5) is 5.69 Å². The molecular formula is C29H40N2O4S2. The van der Waals surface area contributed by atoms with E-state index >= 15 is 0 Å². The average Bonchev–Trinajstić information content (AvgIpc) is 3.31. The topological polar surface area (TPSA) is 82.8 Å². The van der Waals surface area contributed by atoms with Gasteiger partial charge < -0.3 is 9.52 Å². The van der Waals surface area contributed by atoms with Crippen molar-refractivity contribution in [3.05, 3.63) is 97.0 Å². The summed E-state index contributed by atoms with van der Waals surface area (Å²) in [6, 6.07) is 10.4. The molecule has 202 valence electrons. The second-order valence-corrected chi connectivity index (χ2v) is 8.65. The van der Waals surface area contributed by atoms with Gasteiger partial charge in [-0.1, -0.05) is 75.5 Å². The smallest absolute Gasteiger partial charge is 0.337 e. The number of thiocarbonyl (C=S) groups is 1. The third kappa shape index (κ3) is 15.4. The number of hydrogen-bond acceptors (Lipinski definition) is 6. The number of rotatable bonds is 7. The number of hydrazine groups is 1. The van der Waals surface area contributed by atoms with Gasteiger partial charge in [-0.05, 0) is 49.4 Å². The highest BCUT2D eigenvalue weighted by Gasteiger charge is 2.12. The van der Waals surface area contributed by atoms with Crippen molar-refractivity contribution in [2.24, 2.45) is 5.41 Å². The van der Waals surface area contributed by atoms with E-state index in [9.17, 15) is 9.59 Å². The average molecular weight is 545 g/mol. The molecule has 0 spiro atoms. The molecule has 2 rings (SSSR count). The number of carbonyl (C=O) groups excluding carboxylic acids is 1. The van der Waals surface area contributed by atoms with Crippen LogP contribution in [0.2, 0.25) is 0 Å². The normalized spacial score (nSPS) is 10.8. The summed E-state index contributed by atoms with van der Waals surface area (Å²) >= 11 is 7.67. The highest BCUT2D eigenvalue weighted by Crippen LogP contribution is 2.20. The summed E-state index contributed by atoms with van der Waals surface area (Å²) in [4.78, 5) is 22.1. The summed E-state index contributed by atoms with van der Waals surface area (Å²) in [6.07, 6.45) is 10.4. The quantitative estimate of drug-likeness (QED) is 0.109. The molecule has 0 bridgehead atoms. The zero-order valence-electron chi connectivity index (χ0n) is 22.7. The first-order valence-corrected chi connectivity index (χ1v) is 12.5. The van der Waals surface area contributed by atoms with Crippen molar-refractivity contribution in [2.45, 2.75) is 34.6 Å². The number of para-hydroxylation sites is 1. The number of furan rings is 1. The molecular weight excluding hydrogens is 504 g/mol. The van der Waals surface area contributed by atoms with Crippen molar-refractivity contribution in [3.63, 3.8) is 0 Å². The predicted octanol–water partition coefficient (Wildman–Crippen LogP) is 7.67. The van der Waals surface area contributed by atoms with Gasteiger partial charge in [0, 0.05) is 12.6 Å². The van der Waals surface area contributed by atoms with E-state index in [4.69, 9.17) is 9.52 Å². The maximum absolute atomic E-state index is 11.2. The van der Waals surface area contributed by atoms with Crippen LogP contribution >= 0.6 is 24.8 Å². The zero-order valence-corrected chi connectivity index (χ0v) is 24.4. The van der Waals surface area contributed by atoms with Crippen LogP contribution in [0.3, 0.4) is 0 Å². The van der Waals surface area contributed by atoms with Gasteiger partial charge in [-0.2, -0.15) is 12.6 Å². The summed E-state index contributed by atoms with van der Waals surface area (Å²) in [5.41, 5.74) is 4.48. The number of carbonyl (C=O) groups is 2. The summed E-state index contributed by atoms with van der Waals surface area (Å²) in [5, 5.41) is 10.1. The van der Waals surface area contributed by atoms with Gasteiger partial charge in [0.2, 0.25) is 5.91 Å². The summed E-state index contributed by atoms with van der Waals surface area (Å²) in [7, 11) is 1.51. The standard InChI is InChI=1S/C16H22O.C10H12N2O3S.C2H4.CH2S/c1-6-8-14(9-7-12-16(3,4)5)15-11-10-13(2)17-15;1-12(9(13)6-16)11-8-5-3-2-4-7(8)10(14)15;2*1-2/h6-12H,1-5H3;2-5,11,16H,6H2,1H3,(H,14,15);1-2H2;1H2/b8-6-,12-7+,14-9+;;;. The maximum atomic E-state index is 11.2. The first-order chi connectivity index (χ1) is 17.5. The van der Waals surface area contributed by atoms with Crippen molar-refractivity contribution >= 4 is 53.9 Å². The molecule has 8 heteroatoms. The van der Waals surface area contributed by atoms with E-state index in [0.717, 1.165) is 17.1 Å². The minimum atomic E-state index is -1.05. The number of benzene rings is 1. The number of hydrogen-bond donors (Lipinski definition) is 3. The number of anilines is 1. The minimum absolute atomic E-state index is 0.0543. The van der Waals surface area contributed by atoms with Crippen LogP contribution in [0.25, 0.3) is 5.57 Å². The molecule has 0 saturated heterocycles. The van der Waals surface area contributed by atoms with E-state index in [0.29, 0.717) is 5.69 Å². The first kappa shape index (κ1) is 35.8. The first-order valence-electron chi connectivity index (χ1n) is 11.3. The Morgan fingerprint density at radius 1 is 1.16 bits per heavy atom. The van der Waals surface area contributed by atoms with Crippen molar-refractivity contribution in [3.8, 4) is 0 Å². The van der Waals surface area contributed by atoms with Crippen LogP contribution < -0.4 is 5.43 Å². The van der Waals surface area contributed by atoms with Crippen molar-refractivity contribution in [1.82, 2.24) is 5.01 Å². The molecule has 0 aliphatic heterocycles. The van der Waals surface area contributed by atoms with Gasteiger partial charge in [0.1, 0.15) is 11.5 Å². The molecule has 0 radical (unpaired) electrons. The van der Waals surface area contributed by atoms with Gasteiger partial charge in [-0.25, -0.2) is 4.79 Å². The minimum Gasteiger partial charge on any atom is -0.478 e. The Kier molecular flexibility index (Phi) is 19.1. The van der Waals surface area contributed by atoms with E-state index in [1.165, 1.54) is 18.1 Å². The number of carboxylic acids is 1. The Balaban J connectivity index is 0. The fraction of sp³-hybridized carbons (Fsp3) is 0.276. The molecule has 0 atom stereocenters. The molecule has 1 aromatic heterocycles. The number of nitrogens with zero attached hydrogens (tertiary/aromatic N) is 1. The van der Waals surface area contributed by atoms with E-state index < -0.39 is 5.97 Å². The van der Waals surface area contributed by atoms with Crippen LogP contribution in [-0.4, -0.2) is 40.7 Å². The third-order valence-electron chi connectivity index (χ3n) is 4.20. The van der Waals surface area contributed by atoms with Gasteiger partial charge in [0.15, 0.2) is 0 Å². The summed E-state index contributed by atoms with van der Waals surface area (Å²) in [6.45, 7) is 16.5. The van der Waals surface area contributed by atoms with Crippen LogP contribution in [0.5, 0.6) is 0 Å². The number of amides is 1. The summed E-state index contributed by atoms with van der Waals surface area (Å²) in [5.74, 6) is 3.45. The van der Waals surface area contributed by atoms with Crippen molar-refractivity contribution in [1.29, 1.82) is 0 Å². The second-order valence-electron chi connectivity index (χ2n) is 8.33. The maximum Gasteiger partial charge on any atom is 0.337 e. The molecule has 2 N–H and O–H groups in total. The van der Waals surface area contributed by atoms with Gasteiger partial charge in [-0.3, -0.25) is 15.2 Å². The van der Waals surface area contributed by atoms with E-state index in [-0.39, 0.29) is 22.6 Å². The van der Waals surface area contributed by atoms with Crippen molar-refractivity contribution in [2.75, 3.05) is 18.2 Å². The lowest BCUT2D eigenvalue weighted by molar-refractivity contribution is -0.125. The molecule has 2 aromatic rings. The fourth-order valence-corrected chi connectivity index (χ4v) is 2.76. The Hall–Kier alpha value is -3.36. The highest BCUT2D eigenvalue weighted by atomic mass is 32.1. The van der Waals surface area contributed by atoms with E-state index in [2.05, 4.69) is 94.4 Å². The van der Waals surface area contributed by atoms with Gasteiger partial charge in [0.05, 0.1) is 17.0 Å². The molecule has 1 aromatic carbocycles. The Morgan fingerprint density at radius 3 is 2.22 bits per heavy atom. The molecule has 1 heterocycles. The Morgan fingerprint density at radius 2 is 1.76 bits per heavy atom. The Bertz CT molecular complexity index is 1050. The molecule has 0 saturated carbocycles. The molecule has 0 aliphatic rings. The molecule has 1 amide bonds. The van der Waals surface area contributed by atoms with Crippen molar-refractivity contribution < 1.29 is 19.1 Å². The largest absolute Gasteiger partial charge is 0.478 e. The molecule has 6 nitrogen and oxygen atoms in total. The zero-order chi connectivity index (χ0) is 29.0.